The minimum Gasteiger partial charge on any atom is -0.480 e. The van der Waals surface area contributed by atoms with Gasteiger partial charge < -0.3 is 24.3 Å². The fraction of sp³-hybridized carbons (Fsp3) is 0.571. The monoisotopic (exact) mass is 297 g/mol. The van der Waals surface area contributed by atoms with Gasteiger partial charge in [0.1, 0.15) is 18.4 Å². The summed E-state index contributed by atoms with van der Waals surface area (Å²) in [5.41, 5.74) is 0. The summed E-state index contributed by atoms with van der Waals surface area (Å²) in [5, 5.41) is 11.8. The maximum atomic E-state index is 12.1. The molecule has 21 heavy (non-hydrogen) atoms. The first kappa shape index (κ1) is 15.5. The second-order valence-corrected chi connectivity index (χ2v) is 4.97. The van der Waals surface area contributed by atoms with Crippen molar-refractivity contribution in [2.24, 2.45) is 5.92 Å². The van der Waals surface area contributed by atoms with Gasteiger partial charge in [-0.3, -0.25) is 4.79 Å². The largest absolute Gasteiger partial charge is 0.480 e. The summed E-state index contributed by atoms with van der Waals surface area (Å²) in [4.78, 5) is 23.4. The zero-order valence-corrected chi connectivity index (χ0v) is 11.8. The van der Waals surface area contributed by atoms with Crippen molar-refractivity contribution in [1.82, 2.24) is 5.32 Å². The Bertz CT molecular complexity index is 491. The van der Waals surface area contributed by atoms with Crippen LogP contribution in [0.3, 0.4) is 0 Å². The number of carboxylic acids is 1. The van der Waals surface area contributed by atoms with E-state index in [-0.39, 0.29) is 18.3 Å². The van der Waals surface area contributed by atoms with Gasteiger partial charge in [0.25, 0.3) is 5.91 Å². The number of hydrogen-bond acceptors (Lipinski definition) is 5. The van der Waals surface area contributed by atoms with E-state index in [2.05, 4.69) is 5.32 Å². The number of carboxylic acid groups (broad SMARTS) is 1. The first-order valence-electron chi connectivity index (χ1n) is 6.81. The summed E-state index contributed by atoms with van der Waals surface area (Å²) in [5.74, 6) is -1.26. The van der Waals surface area contributed by atoms with E-state index in [1.807, 2.05) is 0 Å². The number of ether oxygens (including phenoxy) is 2. The van der Waals surface area contributed by atoms with Gasteiger partial charge >= 0.3 is 5.97 Å². The van der Waals surface area contributed by atoms with Gasteiger partial charge in [0, 0.05) is 19.6 Å². The first-order chi connectivity index (χ1) is 10.1. The van der Waals surface area contributed by atoms with Crippen molar-refractivity contribution in [2.75, 3.05) is 20.3 Å². The topological polar surface area (TPSA) is 98.0 Å². The Kier molecular flexibility index (Phi) is 5.35. The zero-order chi connectivity index (χ0) is 15.2. The van der Waals surface area contributed by atoms with Crippen LogP contribution in [0.4, 0.5) is 0 Å². The standard InChI is InChI=1S/C14H19NO6/c1-19-8-10-4-5-11(21-10)13(16)15-12(14(17)18)9-3-2-6-20-7-9/h4-5,9,12H,2-3,6-8H2,1H3,(H,15,16)(H,17,18)/t9-,12-/m1/s1. The van der Waals surface area contributed by atoms with Crippen LogP contribution in [0.15, 0.2) is 16.5 Å². The molecule has 2 rings (SSSR count). The summed E-state index contributed by atoms with van der Waals surface area (Å²) < 4.78 is 15.5. The number of carbonyl (C=O) groups is 2. The number of aliphatic carboxylic acids is 1. The van der Waals surface area contributed by atoms with Gasteiger partial charge in [-0.25, -0.2) is 4.79 Å². The first-order valence-corrected chi connectivity index (χ1v) is 6.81. The number of furan rings is 1. The second kappa shape index (κ2) is 7.24. The van der Waals surface area contributed by atoms with E-state index >= 15 is 0 Å². The zero-order valence-electron chi connectivity index (χ0n) is 11.8. The molecule has 0 saturated carbocycles. The lowest BCUT2D eigenvalue weighted by Crippen LogP contribution is -2.48. The van der Waals surface area contributed by atoms with Crippen molar-refractivity contribution in [3.05, 3.63) is 23.7 Å². The second-order valence-electron chi connectivity index (χ2n) is 4.97. The number of carbonyl (C=O) groups excluding carboxylic acids is 1. The highest BCUT2D eigenvalue weighted by Crippen LogP contribution is 2.18. The van der Waals surface area contributed by atoms with Crippen LogP contribution >= 0.6 is 0 Å². The Morgan fingerprint density at radius 2 is 2.33 bits per heavy atom. The lowest BCUT2D eigenvalue weighted by atomic mass is 9.93. The van der Waals surface area contributed by atoms with Crippen LogP contribution in [-0.4, -0.2) is 43.3 Å². The highest BCUT2D eigenvalue weighted by molar-refractivity contribution is 5.94. The third-order valence-corrected chi connectivity index (χ3v) is 3.39. The minimum atomic E-state index is -1.07. The molecule has 1 amide bonds. The van der Waals surface area contributed by atoms with Crippen molar-refractivity contribution in [2.45, 2.75) is 25.5 Å². The normalized spacial score (nSPS) is 20.0. The van der Waals surface area contributed by atoms with Crippen molar-refractivity contribution in [3.63, 3.8) is 0 Å². The lowest BCUT2D eigenvalue weighted by molar-refractivity contribution is -0.142. The molecule has 2 N–H and O–H groups in total. The predicted molar refractivity (Wildman–Crippen MR) is 71.9 cm³/mol. The fourth-order valence-corrected chi connectivity index (χ4v) is 2.34. The van der Waals surface area contributed by atoms with Gasteiger partial charge in [-0.05, 0) is 25.0 Å². The summed E-state index contributed by atoms with van der Waals surface area (Å²) in [7, 11) is 1.52. The third kappa shape index (κ3) is 4.05. The molecule has 0 aliphatic carbocycles. The molecule has 1 aliphatic rings. The molecule has 1 fully saturated rings. The van der Waals surface area contributed by atoms with Gasteiger partial charge in [-0.1, -0.05) is 0 Å². The number of hydrogen-bond donors (Lipinski definition) is 2. The van der Waals surface area contributed by atoms with Gasteiger partial charge in [0.2, 0.25) is 0 Å². The number of rotatable bonds is 6. The van der Waals surface area contributed by atoms with Crippen LogP contribution in [0.5, 0.6) is 0 Å². The fourth-order valence-electron chi connectivity index (χ4n) is 2.34. The SMILES string of the molecule is COCc1ccc(C(=O)N[C@@H](C(=O)O)[C@@H]2CCCOC2)o1. The molecular weight excluding hydrogens is 278 g/mol. The van der Waals surface area contributed by atoms with E-state index in [0.717, 1.165) is 6.42 Å². The third-order valence-electron chi connectivity index (χ3n) is 3.39. The van der Waals surface area contributed by atoms with Gasteiger partial charge in [0.15, 0.2) is 5.76 Å². The van der Waals surface area contributed by atoms with Crippen molar-refractivity contribution >= 4 is 11.9 Å². The quantitative estimate of drug-likeness (QED) is 0.814. The van der Waals surface area contributed by atoms with E-state index in [9.17, 15) is 14.7 Å². The van der Waals surface area contributed by atoms with Crippen LogP contribution in [-0.2, 0) is 20.9 Å². The average molecular weight is 297 g/mol. The molecular formula is C14H19NO6. The summed E-state index contributed by atoms with van der Waals surface area (Å²) in [6.07, 6.45) is 1.51. The van der Waals surface area contributed by atoms with Crippen LogP contribution in [0.25, 0.3) is 0 Å². The molecule has 116 valence electrons. The molecule has 0 spiro atoms. The maximum Gasteiger partial charge on any atom is 0.326 e. The minimum absolute atomic E-state index is 0.0741. The molecule has 0 unspecified atom stereocenters. The van der Waals surface area contributed by atoms with Gasteiger partial charge in [-0.2, -0.15) is 0 Å². The van der Waals surface area contributed by atoms with Gasteiger partial charge in [0.05, 0.1) is 6.61 Å². The summed E-state index contributed by atoms with van der Waals surface area (Å²) >= 11 is 0. The Balaban J connectivity index is 2.01. The molecule has 1 aromatic heterocycles. The smallest absolute Gasteiger partial charge is 0.326 e. The number of amides is 1. The van der Waals surface area contributed by atoms with Crippen LogP contribution in [0, 0.1) is 5.92 Å². The Morgan fingerprint density at radius 3 is 2.95 bits per heavy atom. The highest BCUT2D eigenvalue weighted by atomic mass is 16.5. The van der Waals surface area contributed by atoms with Crippen LogP contribution in [0.1, 0.15) is 29.2 Å². The Morgan fingerprint density at radius 1 is 1.52 bits per heavy atom. The molecule has 7 nitrogen and oxygen atoms in total. The summed E-state index contributed by atoms with van der Waals surface area (Å²) in [6.45, 7) is 1.23. The van der Waals surface area contributed by atoms with Crippen molar-refractivity contribution in [1.29, 1.82) is 0 Å². The molecule has 2 heterocycles. The summed E-state index contributed by atoms with van der Waals surface area (Å²) in [6, 6.07) is 2.14. The average Bonchev–Trinajstić information content (AvgIpc) is 2.94. The molecule has 0 bridgehead atoms. The van der Waals surface area contributed by atoms with E-state index in [1.165, 1.54) is 13.2 Å². The van der Waals surface area contributed by atoms with Crippen molar-refractivity contribution < 1.29 is 28.6 Å². The molecule has 1 aromatic rings. The predicted octanol–water partition coefficient (Wildman–Crippen LogP) is 1.04. The molecule has 1 aliphatic heterocycles. The van der Waals surface area contributed by atoms with Crippen LogP contribution in [0.2, 0.25) is 0 Å². The highest BCUT2D eigenvalue weighted by Gasteiger charge is 2.32. The lowest BCUT2D eigenvalue weighted by Gasteiger charge is -2.27. The Labute approximate surface area is 122 Å². The maximum absolute atomic E-state index is 12.1. The molecule has 0 aromatic carbocycles. The van der Waals surface area contributed by atoms with Gasteiger partial charge in [-0.15, -0.1) is 0 Å². The molecule has 7 heteroatoms. The molecule has 2 atom stereocenters. The van der Waals surface area contributed by atoms with E-state index in [1.54, 1.807) is 6.07 Å². The van der Waals surface area contributed by atoms with E-state index in [4.69, 9.17) is 13.9 Å². The van der Waals surface area contributed by atoms with E-state index in [0.29, 0.717) is 25.4 Å². The van der Waals surface area contributed by atoms with Crippen LogP contribution < -0.4 is 5.32 Å². The van der Waals surface area contributed by atoms with E-state index < -0.39 is 17.9 Å². The van der Waals surface area contributed by atoms with Crippen molar-refractivity contribution in [3.8, 4) is 0 Å². The number of methoxy groups -OCH3 is 1. The Hall–Kier alpha value is -1.86. The molecule has 1 saturated heterocycles. The number of nitrogens with one attached hydrogen (secondary N) is 1. The molecule has 0 radical (unpaired) electrons.